The van der Waals surface area contributed by atoms with Crippen LogP contribution < -0.4 is 10.2 Å². The van der Waals surface area contributed by atoms with E-state index < -0.39 is 0 Å². The topological polar surface area (TPSA) is 108 Å². The molecule has 1 saturated heterocycles. The monoisotopic (exact) mass is 363 g/mol. The van der Waals surface area contributed by atoms with Gasteiger partial charge in [0.1, 0.15) is 11.9 Å². The van der Waals surface area contributed by atoms with Gasteiger partial charge >= 0.3 is 0 Å². The molecular formula is C18H21N9. The second-order valence-electron chi connectivity index (χ2n) is 7.75. The maximum Gasteiger partial charge on any atom is 0.182 e. The third-order valence-electron chi connectivity index (χ3n) is 4.56. The zero-order valence-corrected chi connectivity index (χ0v) is 15.6. The van der Waals surface area contributed by atoms with Crippen LogP contribution >= 0.6 is 0 Å². The molecule has 9 heteroatoms. The molecule has 3 aromatic heterocycles. The standard InChI is InChI=1S/C18H21N9/c1-18(2,3)17-24-23-14-4-5-15(25-27(14)17)26-10-12(11-26)9-22-16-13(8-19)20-6-7-21-16/h4-7,12H,9-11H2,1-3H3,(H,21,22). The fraction of sp³-hybridized carbons (Fsp3) is 0.444. The number of aromatic nitrogens is 6. The van der Waals surface area contributed by atoms with Gasteiger partial charge in [-0.2, -0.15) is 9.78 Å². The maximum atomic E-state index is 9.07. The highest BCUT2D eigenvalue weighted by Crippen LogP contribution is 2.25. The molecule has 1 fully saturated rings. The van der Waals surface area contributed by atoms with Crippen molar-refractivity contribution in [1.82, 2.24) is 29.8 Å². The molecular weight excluding hydrogens is 342 g/mol. The molecule has 1 aliphatic rings. The molecule has 0 radical (unpaired) electrons. The van der Waals surface area contributed by atoms with E-state index in [0.717, 1.165) is 36.9 Å². The van der Waals surface area contributed by atoms with E-state index in [1.54, 1.807) is 6.20 Å². The molecule has 138 valence electrons. The zero-order valence-electron chi connectivity index (χ0n) is 15.6. The lowest BCUT2D eigenvalue weighted by Gasteiger charge is -2.40. The predicted octanol–water partition coefficient (Wildman–Crippen LogP) is 1.63. The van der Waals surface area contributed by atoms with E-state index in [1.807, 2.05) is 16.6 Å². The fourth-order valence-corrected chi connectivity index (χ4v) is 3.09. The quantitative estimate of drug-likeness (QED) is 0.745. The average molecular weight is 363 g/mol. The first-order valence-corrected chi connectivity index (χ1v) is 8.88. The Morgan fingerprint density at radius 2 is 1.96 bits per heavy atom. The molecule has 4 heterocycles. The Kier molecular flexibility index (Phi) is 4.11. The highest BCUT2D eigenvalue weighted by Gasteiger charge is 2.29. The van der Waals surface area contributed by atoms with Crippen LogP contribution in [0.5, 0.6) is 0 Å². The lowest BCUT2D eigenvalue weighted by molar-refractivity contribution is 0.423. The highest BCUT2D eigenvalue weighted by atomic mass is 15.4. The number of fused-ring (bicyclic) bond motifs is 1. The van der Waals surface area contributed by atoms with E-state index in [9.17, 15) is 0 Å². The van der Waals surface area contributed by atoms with Crippen LogP contribution in [0.15, 0.2) is 24.5 Å². The molecule has 0 saturated carbocycles. The summed E-state index contributed by atoms with van der Waals surface area (Å²) in [6.07, 6.45) is 3.11. The van der Waals surface area contributed by atoms with Crippen molar-refractivity contribution < 1.29 is 0 Å². The van der Waals surface area contributed by atoms with Crippen molar-refractivity contribution in [3.63, 3.8) is 0 Å². The number of nitriles is 1. The van der Waals surface area contributed by atoms with Crippen LogP contribution in [-0.4, -0.2) is 49.4 Å². The minimum atomic E-state index is -0.123. The van der Waals surface area contributed by atoms with Gasteiger partial charge in [0.15, 0.2) is 23.0 Å². The molecule has 0 spiro atoms. The Hall–Kier alpha value is -3.28. The van der Waals surface area contributed by atoms with Crippen molar-refractivity contribution in [3.8, 4) is 6.07 Å². The van der Waals surface area contributed by atoms with Gasteiger partial charge in [-0.15, -0.1) is 15.3 Å². The minimum absolute atomic E-state index is 0.123. The van der Waals surface area contributed by atoms with Crippen molar-refractivity contribution in [3.05, 3.63) is 36.0 Å². The van der Waals surface area contributed by atoms with E-state index in [4.69, 9.17) is 10.4 Å². The molecule has 0 aromatic carbocycles. The van der Waals surface area contributed by atoms with Crippen LogP contribution in [0.4, 0.5) is 11.6 Å². The van der Waals surface area contributed by atoms with Gasteiger partial charge in [0, 0.05) is 43.4 Å². The summed E-state index contributed by atoms with van der Waals surface area (Å²) in [5.41, 5.74) is 0.957. The summed E-state index contributed by atoms with van der Waals surface area (Å²) in [7, 11) is 0. The maximum absolute atomic E-state index is 9.07. The van der Waals surface area contributed by atoms with Gasteiger partial charge in [-0.25, -0.2) is 9.97 Å². The smallest absolute Gasteiger partial charge is 0.182 e. The van der Waals surface area contributed by atoms with Crippen LogP contribution in [0, 0.1) is 17.2 Å². The number of hydrogen-bond donors (Lipinski definition) is 1. The first-order valence-electron chi connectivity index (χ1n) is 8.88. The molecule has 4 rings (SSSR count). The van der Waals surface area contributed by atoms with Crippen LogP contribution in [0.25, 0.3) is 5.65 Å². The summed E-state index contributed by atoms with van der Waals surface area (Å²) < 4.78 is 1.83. The molecule has 1 aliphatic heterocycles. The second-order valence-corrected chi connectivity index (χ2v) is 7.75. The fourth-order valence-electron chi connectivity index (χ4n) is 3.09. The van der Waals surface area contributed by atoms with Gasteiger partial charge in [-0.1, -0.05) is 20.8 Å². The lowest BCUT2D eigenvalue weighted by atomic mass is 9.96. The lowest BCUT2D eigenvalue weighted by Crippen LogP contribution is -2.50. The molecule has 27 heavy (non-hydrogen) atoms. The second kappa shape index (κ2) is 6.46. The summed E-state index contributed by atoms with van der Waals surface area (Å²) in [6.45, 7) is 8.83. The summed E-state index contributed by atoms with van der Waals surface area (Å²) in [6, 6.07) is 5.99. The Labute approximate surface area is 157 Å². The summed E-state index contributed by atoms with van der Waals surface area (Å²) in [5, 5.41) is 25.5. The summed E-state index contributed by atoms with van der Waals surface area (Å²) in [4.78, 5) is 10.4. The molecule has 9 nitrogen and oxygen atoms in total. The van der Waals surface area contributed by atoms with Gasteiger partial charge in [-0.05, 0) is 12.1 Å². The number of nitrogens with zero attached hydrogens (tertiary/aromatic N) is 8. The zero-order chi connectivity index (χ0) is 19.0. The van der Waals surface area contributed by atoms with Crippen LogP contribution in [0.3, 0.4) is 0 Å². The number of rotatable bonds is 4. The van der Waals surface area contributed by atoms with Crippen molar-refractivity contribution in [1.29, 1.82) is 5.26 Å². The van der Waals surface area contributed by atoms with Gasteiger partial charge in [-0.3, -0.25) is 0 Å². The molecule has 0 unspecified atom stereocenters. The van der Waals surface area contributed by atoms with E-state index in [1.165, 1.54) is 6.20 Å². The minimum Gasteiger partial charge on any atom is -0.367 e. The van der Waals surface area contributed by atoms with Gasteiger partial charge in [0.2, 0.25) is 0 Å². The molecule has 0 bridgehead atoms. The van der Waals surface area contributed by atoms with Crippen molar-refractivity contribution in [2.75, 3.05) is 29.9 Å². The molecule has 3 aromatic rings. The van der Waals surface area contributed by atoms with Gasteiger partial charge < -0.3 is 10.2 Å². The van der Waals surface area contributed by atoms with E-state index in [-0.39, 0.29) is 5.41 Å². The third kappa shape index (κ3) is 3.26. The SMILES string of the molecule is CC(C)(C)c1nnc2ccc(N3CC(CNc4nccnc4C#N)C3)nn12. The van der Waals surface area contributed by atoms with E-state index in [2.05, 4.69) is 57.2 Å². The Morgan fingerprint density at radius 1 is 1.19 bits per heavy atom. The largest absolute Gasteiger partial charge is 0.367 e. The number of anilines is 2. The third-order valence-corrected chi connectivity index (χ3v) is 4.56. The van der Waals surface area contributed by atoms with E-state index >= 15 is 0 Å². The first kappa shape index (κ1) is 17.1. The highest BCUT2D eigenvalue weighted by molar-refractivity contribution is 5.49. The van der Waals surface area contributed by atoms with Crippen molar-refractivity contribution in [2.45, 2.75) is 26.2 Å². The molecule has 0 atom stereocenters. The van der Waals surface area contributed by atoms with Gasteiger partial charge in [0.05, 0.1) is 0 Å². The molecule has 1 N–H and O–H groups in total. The summed E-state index contributed by atoms with van der Waals surface area (Å²) in [5.74, 6) is 2.77. The Bertz CT molecular complexity index is 1010. The number of nitrogens with one attached hydrogen (secondary N) is 1. The van der Waals surface area contributed by atoms with Crippen molar-refractivity contribution >= 4 is 17.3 Å². The number of hydrogen-bond acceptors (Lipinski definition) is 8. The van der Waals surface area contributed by atoms with Crippen LogP contribution in [0.2, 0.25) is 0 Å². The normalized spacial score (nSPS) is 14.8. The van der Waals surface area contributed by atoms with Crippen LogP contribution in [0.1, 0.15) is 32.3 Å². The summed E-state index contributed by atoms with van der Waals surface area (Å²) >= 11 is 0. The first-order chi connectivity index (χ1) is 13.0. The Balaban J connectivity index is 1.41. The van der Waals surface area contributed by atoms with Crippen molar-refractivity contribution in [2.24, 2.45) is 5.92 Å². The average Bonchev–Trinajstić information content (AvgIpc) is 3.04. The molecule has 0 amide bonds. The predicted molar refractivity (Wildman–Crippen MR) is 100 cm³/mol. The van der Waals surface area contributed by atoms with Gasteiger partial charge in [0.25, 0.3) is 0 Å². The Morgan fingerprint density at radius 3 is 2.70 bits per heavy atom. The molecule has 0 aliphatic carbocycles. The van der Waals surface area contributed by atoms with Crippen LogP contribution in [-0.2, 0) is 5.41 Å². The van der Waals surface area contributed by atoms with E-state index in [0.29, 0.717) is 17.4 Å².